The van der Waals surface area contributed by atoms with Gasteiger partial charge in [0, 0.05) is 0 Å². The van der Waals surface area contributed by atoms with Crippen molar-refractivity contribution in [3.8, 4) is 5.88 Å². The van der Waals surface area contributed by atoms with Gasteiger partial charge in [0.05, 0.1) is 32.8 Å². The number of hydrogen-bond acceptors (Lipinski definition) is 7. The first kappa shape index (κ1) is 26.6. The van der Waals surface area contributed by atoms with Crippen LogP contribution in [0, 0.1) is 0 Å². The third-order valence-electron chi connectivity index (χ3n) is 6.31. The quantitative estimate of drug-likeness (QED) is 0.269. The Morgan fingerprint density at radius 3 is 1.90 bits per heavy atom. The molecule has 1 fully saturated rings. The van der Waals surface area contributed by atoms with Crippen LogP contribution in [0.25, 0.3) is 0 Å². The minimum atomic E-state index is -0.929. The number of amides is 1. The number of carbonyl (C=O) groups is 1. The Morgan fingerprint density at radius 2 is 1.33 bits per heavy atom. The molecule has 1 aliphatic heterocycles. The fourth-order valence-corrected chi connectivity index (χ4v) is 4.36. The summed E-state index contributed by atoms with van der Waals surface area (Å²) in [6.07, 6.45) is -1.30. The van der Waals surface area contributed by atoms with Crippen molar-refractivity contribution in [2.24, 2.45) is 5.73 Å². The van der Waals surface area contributed by atoms with E-state index in [0.29, 0.717) is 19.8 Å². The zero-order chi connectivity index (χ0) is 26.9. The van der Waals surface area contributed by atoms with Crippen LogP contribution < -0.4 is 10.5 Å². The molecular formula is C30H31N3O6. The molecule has 0 radical (unpaired) electrons. The molecule has 0 unspecified atom stereocenters. The second-order valence-corrected chi connectivity index (χ2v) is 9.13. The van der Waals surface area contributed by atoms with Gasteiger partial charge in [-0.1, -0.05) is 91.0 Å². The van der Waals surface area contributed by atoms with Crippen LogP contribution in [0.1, 0.15) is 27.2 Å². The van der Waals surface area contributed by atoms with Crippen molar-refractivity contribution < 1.29 is 28.5 Å². The van der Waals surface area contributed by atoms with Crippen LogP contribution in [-0.2, 0) is 38.8 Å². The first-order valence-electron chi connectivity index (χ1n) is 12.8. The molecule has 1 aromatic heterocycles. The Labute approximate surface area is 226 Å². The number of benzene rings is 3. The molecule has 5 rings (SSSR count). The van der Waals surface area contributed by atoms with Crippen molar-refractivity contribution in [3.05, 3.63) is 120 Å². The number of rotatable bonds is 13. The summed E-state index contributed by atoms with van der Waals surface area (Å²) in [5, 5.41) is 0. The minimum Gasteiger partial charge on any atom is -0.443 e. The van der Waals surface area contributed by atoms with Crippen LogP contribution in [-0.4, -0.2) is 47.1 Å². The summed E-state index contributed by atoms with van der Waals surface area (Å²) in [6, 6.07) is 29.6. The standard InChI is InChI=1S/C30H31N3O6/c31-28(34)25-29(33-20-32-25)39-30-27(37-18-23-14-8-3-9-15-23)26(36-17-22-12-6-2-7-13-22)24(38-30)19-35-16-21-10-4-1-5-11-21/h1-15,20,24,26-27,30H,16-19H2,(H2,31,34)(H,32,33)/t24-,26-,27+,30-/m1/s1. The van der Waals surface area contributed by atoms with Crippen LogP contribution in [0.4, 0.5) is 0 Å². The minimum absolute atomic E-state index is 0.0356. The van der Waals surface area contributed by atoms with Crippen LogP contribution >= 0.6 is 0 Å². The average Bonchev–Trinajstić information content (AvgIpc) is 3.57. The highest BCUT2D eigenvalue weighted by Gasteiger charge is 2.48. The van der Waals surface area contributed by atoms with Gasteiger partial charge in [0.15, 0.2) is 5.69 Å². The highest BCUT2D eigenvalue weighted by atomic mass is 16.7. The summed E-state index contributed by atoms with van der Waals surface area (Å²) in [6.45, 7) is 1.30. The summed E-state index contributed by atoms with van der Waals surface area (Å²) in [7, 11) is 0. The maximum atomic E-state index is 11.9. The molecule has 1 saturated heterocycles. The molecule has 0 bridgehead atoms. The second-order valence-electron chi connectivity index (χ2n) is 9.13. The lowest BCUT2D eigenvalue weighted by Gasteiger charge is -2.25. The largest absolute Gasteiger partial charge is 0.443 e. The summed E-state index contributed by atoms with van der Waals surface area (Å²) >= 11 is 0. The van der Waals surface area contributed by atoms with Crippen molar-refractivity contribution in [2.75, 3.05) is 6.61 Å². The number of primary amides is 1. The van der Waals surface area contributed by atoms with E-state index < -0.39 is 30.5 Å². The fraction of sp³-hybridized carbons (Fsp3) is 0.267. The molecule has 9 nitrogen and oxygen atoms in total. The van der Waals surface area contributed by atoms with Gasteiger partial charge in [-0.2, -0.15) is 0 Å². The van der Waals surface area contributed by atoms with Gasteiger partial charge in [0.1, 0.15) is 18.3 Å². The zero-order valence-electron chi connectivity index (χ0n) is 21.3. The first-order valence-corrected chi connectivity index (χ1v) is 12.8. The Bertz CT molecular complexity index is 1300. The van der Waals surface area contributed by atoms with Gasteiger partial charge in [-0.05, 0) is 16.7 Å². The van der Waals surface area contributed by atoms with Crippen molar-refractivity contribution >= 4 is 5.91 Å². The molecule has 2 heterocycles. The van der Waals surface area contributed by atoms with Crippen molar-refractivity contribution in [1.82, 2.24) is 9.97 Å². The van der Waals surface area contributed by atoms with Gasteiger partial charge in [-0.25, -0.2) is 4.98 Å². The summed E-state index contributed by atoms with van der Waals surface area (Å²) in [5.41, 5.74) is 8.57. The number of ether oxygens (including phenoxy) is 5. The smallest absolute Gasteiger partial charge is 0.270 e. The van der Waals surface area contributed by atoms with E-state index >= 15 is 0 Å². The Kier molecular flexibility index (Phi) is 8.97. The maximum absolute atomic E-state index is 11.9. The average molecular weight is 530 g/mol. The predicted octanol–water partition coefficient (Wildman–Crippen LogP) is 4.00. The third-order valence-corrected chi connectivity index (χ3v) is 6.31. The van der Waals surface area contributed by atoms with E-state index in [1.165, 1.54) is 6.33 Å². The number of nitrogens with one attached hydrogen (secondary N) is 1. The predicted molar refractivity (Wildman–Crippen MR) is 143 cm³/mol. The van der Waals surface area contributed by atoms with E-state index in [1.807, 2.05) is 91.0 Å². The van der Waals surface area contributed by atoms with Crippen molar-refractivity contribution in [2.45, 2.75) is 44.4 Å². The number of hydrogen-bond donors (Lipinski definition) is 2. The Balaban J connectivity index is 1.36. The molecule has 0 spiro atoms. The van der Waals surface area contributed by atoms with Crippen molar-refractivity contribution in [3.63, 3.8) is 0 Å². The highest BCUT2D eigenvalue weighted by molar-refractivity contribution is 5.93. The number of carbonyl (C=O) groups excluding carboxylic acids is 1. The molecule has 4 atom stereocenters. The first-order chi connectivity index (χ1) is 19.2. The van der Waals surface area contributed by atoms with Crippen molar-refractivity contribution in [1.29, 1.82) is 0 Å². The monoisotopic (exact) mass is 529 g/mol. The SMILES string of the molecule is NC(=O)c1[nH]cnc1O[C@H]1O[C@H](COCc2ccccc2)[C@@H](OCc2ccccc2)[C@@H]1OCc1ccccc1. The summed E-state index contributed by atoms with van der Waals surface area (Å²) < 4.78 is 31.2. The second kappa shape index (κ2) is 13.2. The van der Waals surface area contributed by atoms with Gasteiger partial charge < -0.3 is 34.4 Å². The van der Waals surface area contributed by atoms with Gasteiger partial charge in [0.2, 0.25) is 12.2 Å². The van der Waals surface area contributed by atoms with E-state index in [2.05, 4.69) is 9.97 Å². The van der Waals surface area contributed by atoms with Gasteiger partial charge in [-0.3, -0.25) is 4.79 Å². The maximum Gasteiger partial charge on any atom is 0.270 e. The number of nitrogens with zero attached hydrogens (tertiary/aromatic N) is 1. The molecule has 1 amide bonds. The van der Waals surface area contributed by atoms with E-state index in [4.69, 9.17) is 29.4 Å². The molecular weight excluding hydrogens is 498 g/mol. The number of nitrogens with two attached hydrogens (primary N) is 1. The number of H-pyrrole nitrogens is 1. The molecule has 202 valence electrons. The van der Waals surface area contributed by atoms with Crippen LogP contribution in [0.3, 0.4) is 0 Å². The van der Waals surface area contributed by atoms with E-state index in [1.54, 1.807) is 0 Å². The zero-order valence-corrected chi connectivity index (χ0v) is 21.3. The fourth-order valence-electron chi connectivity index (χ4n) is 4.36. The third kappa shape index (κ3) is 7.10. The van der Waals surface area contributed by atoms with Crippen LogP contribution in [0.15, 0.2) is 97.3 Å². The molecule has 39 heavy (non-hydrogen) atoms. The molecule has 1 aliphatic rings. The summed E-state index contributed by atoms with van der Waals surface area (Å²) in [4.78, 5) is 18.7. The van der Waals surface area contributed by atoms with Gasteiger partial charge in [-0.15, -0.1) is 0 Å². The molecule has 0 saturated carbocycles. The van der Waals surface area contributed by atoms with E-state index in [9.17, 15) is 4.79 Å². The lowest BCUT2D eigenvalue weighted by Crippen LogP contribution is -2.40. The molecule has 4 aromatic rings. The molecule has 9 heteroatoms. The van der Waals surface area contributed by atoms with Gasteiger partial charge >= 0.3 is 0 Å². The van der Waals surface area contributed by atoms with Crippen LogP contribution in [0.2, 0.25) is 0 Å². The normalized spacial score (nSPS) is 20.6. The summed E-state index contributed by atoms with van der Waals surface area (Å²) in [5.74, 6) is -0.657. The lowest BCUT2D eigenvalue weighted by atomic mass is 10.1. The Hall–Kier alpha value is -4.02. The topological polar surface area (TPSA) is 118 Å². The molecule has 3 aromatic carbocycles. The van der Waals surface area contributed by atoms with Crippen LogP contribution in [0.5, 0.6) is 5.88 Å². The number of aromatic amines is 1. The Morgan fingerprint density at radius 1 is 0.795 bits per heavy atom. The lowest BCUT2D eigenvalue weighted by molar-refractivity contribution is -0.140. The van der Waals surface area contributed by atoms with E-state index in [-0.39, 0.29) is 18.2 Å². The van der Waals surface area contributed by atoms with Gasteiger partial charge in [0.25, 0.3) is 5.91 Å². The number of aromatic nitrogens is 2. The highest BCUT2D eigenvalue weighted by Crippen LogP contribution is 2.31. The molecule has 3 N–H and O–H groups in total. The molecule has 0 aliphatic carbocycles. The number of imidazole rings is 1. The van der Waals surface area contributed by atoms with E-state index in [0.717, 1.165) is 16.7 Å².